The Morgan fingerprint density at radius 2 is 1.43 bits per heavy atom. The second-order valence-corrected chi connectivity index (χ2v) is 13.8. The first-order valence-electron chi connectivity index (χ1n) is 17.7. The summed E-state index contributed by atoms with van der Waals surface area (Å²) in [5.41, 5.74) is -0.407. The summed E-state index contributed by atoms with van der Waals surface area (Å²) in [6.45, 7) is 6.67. The molecule has 0 saturated carbocycles. The average Bonchev–Trinajstić information content (AvgIpc) is 3.17. The van der Waals surface area contributed by atoms with E-state index in [0.717, 1.165) is 28.2 Å². The minimum Gasteiger partial charge on any atom is -0.497 e. The second-order valence-electron chi connectivity index (χ2n) is 13.8. The first-order chi connectivity index (χ1) is 25.4. The molecule has 0 aliphatic carbocycles. The van der Waals surface area contributed by atoms with E-state index in [2.05, 4.69) is 0 Å². The molecule has 1 fully saturated rings. The standard InChI is InChI=1S/C42H54O11/c1-30(51-28-31-12-9-8-10-13-31)37(52-29-33-16-20-35(47-5)21-17-33)24-36-25-41(45,26-38(43)48-6)39(44)42(49-7,53-36)40(2,3)22-11-23-50-27-32-14-18-34(46-4)19-15-32/h8-22,30,36-37,45H,23-29H2,1-7H3/b22-11+/t30-,36-,37-,41?,42-/m1/s1. The van der Waals surface area contributed by atoms with Gasteiger partial charge in [-0.1, -0.05) is 80.6 Å². The van der Waals surface area contributed by atoms with Gasteiger partial charge in [0.2, 0.25) is 11.6 Å². The van der Waals surface area contributed by atoms with Crippen LogP contribution in [-0.4, -0.2) is 81.6 Å². The van der Waals surface area contributed by atoms with E-state index in [4.69, 9.17) is 37.9 Å². The van der Waals surface area contributed by atoms with Crippen molar-refractivity contribution in [3.05, 3.63) is 108 Å². The molecule has 0 bridgehead atoms. The predicted molar refractivity (Wildman–Crippen MR) is 198 cm³/mol. The molecular formula is C42H54O11. The molecule has 53 heavy (non-hydrogen) atoms. The Hall–Kier alpha value is -4.10. The van der Waals surface area contributed by atoms with Gasteiger partial charge in [-0.2, -0.15) is 0 Å². The fraction of sp³-hybridized carbons (Fsp3) is 0.476. The van der Waals surface area contributed by atoms with Crippen molar-refractivity contribution in [3.63, 3.8) is 0 Å². The molecule has 0 radical (unpaired) electrons. The number of benzene rings is 3. The lowest BCUT2D eigenvalue weighted by Crippen LogP contribution is -2.68. The molecule has 4 rings (SSSR count). The van der Waals surface area contributed by atoms with E-state index in [0.29, 0.717) is 13.2 Å². The molecule has 11 nitrogen and oxygen atoms in total. The Morgan fingerprint density at radius 3 is 2.00 bits per heavy atom. The minimum atomic E-state index is -2.16. The predicted octanol–water partition coefficient (Wildman–Crippen LogP) is 6.38. The van der Waals surface area contributed by atoms with Crippen LogP contribution in [0, 0.1) is 5.41 Å². The summed E-state index contributed by atoms with van der Waals surface area (Å²) in [7, 11) is 5.79. The van der Waals surface area contributed by atoms with E-state index in [1.54, 1.807) is 40.2 Å². The van der Waals surface area contributed by atoms with Gasteiger partial charge in [0.1, 0.15) is 17.1 Å². The summed E-state index contributed by atoms with van der Waals surface area (Å²) < 4.78 is 46.7. The lowest BCUT2D eigenvalue weighted by molar-refractivity contribution is -0.305. The summed E-state index contributed by atoms with van der Waals surface area (Å²) in [5, 5.41) is 12.0. The van der Waals surface area contributed by atoms with Crippen LogP contribution in [0.4, 0.5) is 0 Å². The number of carbonyl (C=O) groups is 2. The van der Waals surface area contributed by atoms with Gasteiger partial charge < -0.3 is 43.0 Å². The van der Waals surface area contributed by atoms with Gasteiger partial charge in [-0.3, -0.25) is 9.59 Å². The van der Waals surface area contributed by atoms with E-state index in [1.807, 2.05) is 85.8 Å². The largest absolute Gasteiger partial charge is 0.497 e. The third-order valence-corrected chi connectivity index (χ3v) is 9.59. The van der Waals surface area contributed by atoms with E-state index < -0.39 is 53.3 Å². The topological polar surface area (TPSA) is 128 Å². The maximum absolute atomic E-state index is 14.4. The zero-order chi connectivity index (χ0) is 38.5. The molecule has 1 unspecified atom stereocenters. The highest BCUT2D eigenvalue weighted by atomic mass is 16.7. The van der Waals surface area contributed by atoms with Crippen LogP contribution in [0.2, 0.25) is 0 Å². The van der Waals surface area contributed by atoms with Crippen LogP contribution in [0.3, 0.4) is 0 Å². The molecule has 3 aromatic carbocycles. The van der Waals surface area contributed by atoms with Crippen molar-refractivity contribution in [2.24, 2.45) is 5.41 Å². The van der Waals surface area contributed by atoms with Gasteiger partial charge in [-0.05, 0) is 47.9 Å². The summed E-state index contributed by atoms with van der Waals surface area (Å²) >= 11 is 0. The molecule has 1 saturated heterocycles. The van der Waals surface area contributed by atoms with E-state index in [9.17, 15) is 14.7 Å². The Balaban J connectivity index is 1.58. The number of esters is 1. The molecule has 1 heterocycles. The lowest BCUT2D eigenvalue weighted by Gasteiger charge is -2.52. The number of aliphatic hydroxyl groups is 1. The fourth-order valence-corrected chi connectivity index (χ4v) is 6.46. The maximum atomic E-state index is 14.4. The van der Waals surface area contributed by atoms with Crippen molar-refractivity contribution >= 4 is 11.8 Å². The molecule has 3 aromatic rings. The SMILES string of the molecule is COC(=O)CC1(O)C[C@@H](C[C@@H](OCc2ccc(OC)cc2)[C@@H](C)OCc2ccccc2)O[C@@](OC)(C(C)(C)/C=C/COCc2ccc(OC)cc2)C1=O. The second kappa shape index (κ2) is 19.3. The molecule has 1 N–H and O–H groups in total. The summed E-state index contributed by atoms with van der Waals surface area (Å²) in [6, 6.07) is 24.9. The number of Topliss-reactive ketones (excluding diaryl/α,β-unsaturated/α-hetero) is 1. The number of ketones is 1. The van der Waals surface area contributed by atoms with Crippen LogP contribution in [0.15, 0.2) is 91.0 Å². The molecular weight excluding hydrogens is 680 g/mol. The van der Waals surface area contributed by atoms with Crippen molar-refractivity contribution in [1.82, 2.24) is 0 Å². The number of methoxy groups -OCH3 is 4. The Kier molecular flexibility index (Phi) is 15.2. The van der Waals surface area contributed by atoms with Crippen molar-refractivity contribution < 1.29 is 52.6 Å². The third-order valence-electron chi connectivity index (χ3n) is 9.59. The number of ether oxygens (including phenoxy) is 8. The van der Waals surface area contributed by atoms with Crippen molar-refractivity contribution in [2.45, 2.75) is 89.6 Å². The van der Waals surface area contributed by atoms with Gasteiger partial charge in [0.05, 0.1) is 72.5 Å². The molecule has 11 heteroatoms. The van der Waals surface area contributed by atoms with Crippen LogP contribution >= 0.6 is 0 Å². The number of carbonyl (C=O) groups excluding carboxylic acids is 2. The fourth-order valence-electron chi connectivity index (χ4n) is 6.46. The van der Waals surface area contributed by atoms with Crippen LogP contribution in [0.1, 0.15) is 56.7 Å². The summed E-state index contributed by atoms with van der Waals surface area (Å²) in [5.74, 6) is -2.01. The summed E-state index contributed by atoms with van der Waals surface area (Å²) in [6.07, 6.45) is 1.21. The van der Waals surface area contributed by atoms with E-state index in [1.165, 1.54) is 14.2 Å². The average molecular weight is 735 g/mol. The Morgan fingerprint density at radius 1 is 0.868 bits per heavy atom. The minimum absolute atomic E-state index is 0.190. The highest BCUT2D eigenvalue weighted by Gasteiger charge is 2.64. The van der Waals surface area contributed by atoms with Crippen LogP contribution in [0.5, 0.6) is 11.5 Å². The first-order valence-corrected chi connectivity index (χ1v) is 17.7. The van der Waals surface area contributed by atoms with Gasteiger partial charge >= 0.3 is 5.97 Å². The lowest BCUT2D eigenvalue weighted by atomic mass is 9.70. The van der Waals surface area contributed by atoms with Crippen LogP contribution in [0.25, 0.3) is 0 Å². The Bertz CT molecular complexity index is 1610. The molecule has 0 amide bonds. The van der Waals surface area contributed by atoms with Crippen LogP contribution < -0.4 is 9.47 Å². The highest BCUT2D eigenvalue weighted by molar-refractivity contribution is 5.98. The molecule has 5 atom stereocenters. The van der Waals surface area contributed by atoms with Gasteiger partial charge in [-0.15, -0.1) is 0 Å². The van der Waals surface area contributed by atoms with E-state index >= 15 is 0 Å². The highest BCUT2D eigenvalue weighted by Crippen LogP contribution is 2.47. The molecule has 0 spiro atoms. The monoisotopic (exact) mass is 734 g/mol. The number of hydrogen-bond acceptors (Lipinski definition) is 11. The van der Waals surface area contributed by atoms with Gasteiger partial charge in [0.25, 0.3) is 0 Å². The van der Waals surface area contributed by atoms with Crippen molar-refractivity contribution in [1.29, 1.82) is 0 Å². The zero-order valence-electron chi connectivity index (χ0n) is 31.9. The van der Waals surface area contributed by atoms with Crippen molar-refractivity contribution in [2.75, 3.05) is 35.0 Å². The first kappa shape index (κ1) is 41.7. The molecule has 1 aliphatic rings. The van der Waals surface area contributed by atoms with Crippen molar-refractivity contribution in [3.8, 4) is 11.5 Å². The van der Waals surface area contributed by atoms with Gasteiger partial charge in [0.15, 0.2) is 0 Å². The number of rotatable bonds is 20. The normalized spacial score (nSPS) is 21.7. The van der Waals surface area contributed by atoms with Gasteiger partial charge in [-0.25, -0.2) is 0 Å². The summed E-state index contributed by atoms with van der Waals surface area (Å²) in [4.78, 5) is 27.0. The van der Waals surface area contributed by atoms with Crippen LogP contribution in [-0.2, 0) is 57.8 Å². The number of hydrogen-bond donors (Lipinski definition) is 1. The Labute approximate surface area is 313 Å². The molecule has 288 valence electrons. The van der Waals surface area contributed by atoms with Gasteiger partial charge in [0, 0.05) is 25.4 Å². The maximum Gasteiger partial charge on any atom is 0.308 e. The molecule has 0 aromatic heterocycles. The zero-order valence-corrected chi connectivity index (χ0v) is 31.9. The smallest absolute Gasteiger partial charge is 0.308 e. The quantitative estimate of drug-likeness (QED) is 0.0790. The van der Waals surface area contributed by atoms with E-state index in [-0.39, 0.29) is 26.1 Å². The third kappa shape index (κ3) is 11.0. The molecule has 1 aliphatic heterocycles.